The van der Waals surface area contributed by atoms with Gasteiger partial charge in [-0.15, -0.1) is 0 Å². The quantitative estimate of drug-likeness (QED) is 0.151. The summed E-state index contributed by atoms with van der Waals surface area (Å²) < 4.78 is 0. The summed E-state index contributed by atoms with van der Waals surface area (Å²) in [7, 11) is -2.74. The van der Waals surface area contributed by atoms with Gasteiger partial charge in [-0.25, -0.2) is 0 Å². The van der Waals surface area contributed by atoms with Crippen LogP contribution in [-0.2, 0) is 16.2 Å². The average Bonchev–Trinajstić information content (AvgIpc) is 3.76. The van der Waals surface area contributed by atoms with Crippen LogP contribution >= 0.6 is 0 Å². The highest BCUT2D eigenvalue weighted by Gasteiger charge is 2.49. The van der Waals surface area contributed by atoms with Crippen LogP contribution < -0.4 is 25.6 Å². The molecule has 0 unspecified atom stereocenters. The summed E-state index contributed by atoms with van der Waals surface area (Å²) in [4.78, 5) is 2.60. The van der Waals surface area contributed by atoms with Gasteiger partial charge in [0.25, 0.3) is 0 Å². The number of rotatable bonds is 6. The maximum Gasteiger partial charge on any atom is 0.180 e. The molecule has 0 spiro atoms. The minimum Gasteiger partial charge on any atom is -0.310 e. The second-order valence-electron chi connectivity index (χ2n) is 20.7. The fourth-order valence-electron chi connectivity index (χ4n) is 12.2. The molecule has 2 heteroatoms. The molecular formula is C63H55NSi. The lowest BCUT2D eigenvalue weighted by Crippen LogP contribution is -2.72. The Bertz CT molecular complexity index is 3320. The van der Waals surface area contributed by atoms with Crippen molar-refractivity contribution in [2.75, 3.05) is 4.90 Å². The van der Waals surface area contributed by atoms with Crippen LogP contribution in [0.25, 0.3) is 44.2 Å². The van der Waals surface area contributed by atoms with Crippen LogP contribution in [0.5, 0.6) is 0 Å². The van der Waals surface area contributed by atoms with Crippen molar-refractivity contribution < 1.29 is 0 Å². The van der Waals surface area contributed by atoms with Crippen molar-refractivity contribution in [3.63, 3.8) is 0 Å². The SMILES string of the molecule is CC1(C)CCC(C)(C)c2cc(N(c3ccc4c(c3)C(C)(C)c3ccccc3-4)c3cc4ccccc4cc3-c3ccc4c(c3)[Si](c3ccccc3)(c3ccccc3)c3ccccc3-4)ccc21. The van der Waals surface area contributed by atoms with E-state index in [0.29, 0.717) is 0 Å². The van der Waals surface area contributed by atoms with Crippen LogP contribution in [0.15, 0.2) is 200 Å². The lowest BCUT2D eigenvalue weighted by molar-refractivity contribution is 0.332. The minimum atomic E-state index is -2.74. The van der Waals surface area contributed by atoms with E-state index >= 15 is 0 Å². The molecule has 0 atom stereocenters. The molecule has 9 aromatic carbocycles. The zero-order chi connectivity index (χ0) is 44.3. The van der Waals surface area contributed by atoms with Crippen LogP contribution in [0.3, 0.4) is 0 Å². The zero-order valence-electron chi connectivity index (χ0n) is 38.4. The molecule has 0 amide bonds. The second kappa shape index (κ2) is 14.4. The summed E-state index contributed by atoms with van der Waals surface area (Å²) in [5.41, 5.74) is 17.2. The van der Waals surface area contributed by atoms with Gasteiger partial charge in [0, 0.05) is 22.4 Å². The van der Waals surface area contributed by atoms with Crippen molar-refractivity contribution in [1.82, 2.24) is 0 Å². The number of anilines is 3. The molecule has 0 bridgehead atoms. The van der Waals surface area contributed by atoms with Gasteiger partial charge in [-0.05, 0) is 142 Å². The molecule has 12 rings (SSSR count). The molecule has 0 saturated heterocycles. The Morgan fingerprint density at radius 2 is 0.892 bits per heavy atom. The number of benzene rings is 9. The van der Waals surface area contributed by atoms with Crippen molar-refractivity contribution in [3.05, 3.63) is 222 Å². The molecule has 1 aliphatic heterocycles. The number of hydrogen-bond donors (Lipinski definition) is 0. The molecule has 1 heterocycles. The first-order valence-electron chi connectivity index (χ1n) is 23.6. The summed E-state index contributed by atoms with van der Waals surface area (Å²) in [5.74, 6) is 0. The number of nitrogens with zero attached hydrogens (tertiary/aromatic N) is 1. The Labute approximate surface area is 386 Å². The fraction of sp³-hybridized carbons (Fsp3) is 0.175. The van der Waals surface area contributed by atoms with Gasteiger partial charge in [-0.2, -0.15) is 0 Å². The van der Waals surface area contributed by atoms with Gasteiger partial charge in [0.05, 0.1) is 5.69 Å². The fourth-order valence-corrected chi connectivity index (χ4v) is 17.4. The predicted octanol–water partition coefficient (Wildman–Crippen LogP) is 14.0. The van der Waals surface area contributed by atoms with Crippen LogP contribution in [0.2, 0.25) is 0 Å². The second-order valence-corrected chi connectivity index (χ2v) is 24.5. The molecule has 0 saturated carbocycles. The largest absolute Gasteiger partial charge is 0.310 e. The topological polar surface area (TPSA) is 3.24 Å². The summed E-state index contributed by atoms with van der Waals surface area (Å²) in [6.07, 6.45) is 2.35. The Morgan fingerprint density at radius 3 is 1.60 bits per heavy atom. The molecule has 3 aliphatic rings. The normalized spacial score (nSPS) is 16.5. The van der Waals surface area contributed by atoms with E-state index in [1.165, 1.54) is 111 Å². The number of hydrogen-bond acceptors (Lipinski definition) is 1. The summed E-state index contributed by atoms with van der Waals surface area (Å²) in [5, 5.41) is 8.21. The van der Waals surface area contributed by atoms with E-state index in [9.17, 15) is 0 Å². The van der Waals surface area contributed by atoms with E-state index in [-0.39, 0.29) is 16.2 Å². The third kappa shape index (κ3) is 5.89. The van der Waals surface area contributed by atoms with Crippen molar-refractivity contribution in [2.45, 2.75) is 70.6 Å². The van der Waals surface area contributed by atoms with Crippen LogP contribution in [0.1, 0.15) is 76.6 Å². The van der Waals surface area contributed by atoms with Crippen LogP contribution in [0.4, 0.5) is 17.1 Å². The Hall–Kier alpha value is -6.74. The molecule has 0 N–H and O–H groups in total. The first-order valence-corrected chi connectivity index (χ1v) is 25.6. The van der Waals surface area contributed by atoms with E-state index in [0.717, 1.165) is 6.42 Å². The van der Waals surface area contributed by atoms with Gasteiger partial charge in [0.1, 0.15) is 0 Å². The molecule has 0 radical (unpaired) electrons. The maximum atomic E-state index is 2.60. The van der Waals surface area contributed by atoms with Crippen LogP contribution in [-0.4, -0.2) is 8.07 Å². The smallest absolute Gasteiger partial charge is 0.180 e. The highest BCUT2D eigenvalue weighted by Crippen LogP contribution is 2.53. The Balaban J connectivity index is 1.15. The van der Waals surface area contributed by atoms with E-state index in [4.69, 9.17) is 0 Å². The Morgan fingerprint density at radius 1 is 0.369 bits per heavy atom. The predicted molar refractivity (Wildman–Crippen MR) is 280 cm³/mol. The first kappa shape index (κ1) is 39.8. The lowest BCUT2D eigenvalue weighted by atomic mass is 9.63. The molecule has 9 aromatic rings. The zero-order valence-corrected chi connectivity index (χ0v) is 39.4. The Kier molecular flexibility index (Phi) is 8.81. The van der Waals surface area contributed by atoms with E-state index in [2.05, 4.69) is 247 Å². The third-order valence-electron chi connectivity index (χ3n) is 15.8. The molecular weight excluding hydrogens is 799 g/mol. The molecule has 1 nitrogen and oxygen atoms in total. The molecule has 316 valence electrons. The first-order chi connectivity index (χ1) is 31.5. The van der Waals surface area contributed by atoms with Crippen molar-refractivity contribution in [3.8, 4) is 33.4 Å². The van der Waals surface area contributed by atoms with Crippen LogP contribution in [0, 0.1) is 0 Å². The van der Waals surface area contributed by atoms with Crippen molar-refractivity contribution in [1.29, 1.82) is 0 Å². The average molecular weight is 854 g/mol. The molecule has 0 fully saturated rings. The van der Waals surface area contributed by atoms with E-state index < -0.39 is 8.07 Å². The summed E-state index contributed by atoms with van der Waals surface area (Å²) in [6, 6.07) is 77.0. The monoisotopic (exact) mass is 853 g/mol. The highest BCUT2D eigenvalue weighted by molar-refractivity contribution is 7.22. The molecule has 2 aliphatic carbocycles. The standard InChI is InChI=1S/C63H55NSi/c1-61(2)35-36-62(3,4)57-41-46(31-34-55(57)61)64(45-30-33-50-49-25-15-17-27-54(49)63(5,6)56(50)40-45)58-38-43-20-14-13-19-42(43)37-53(58)44-29-32-52-51-26-16-18-28-59(51)65(60(52)39-44,47-21-9-7-10-22-47)48-23-11-8-12-24-48/h7-34,37-41H,35-36H2,1-6H3. The van der Waals surface area contributed by atoms with Crippen molar-refractivity contribution >= 4 is 56.7 Å². The van der Waals surface area contributed by atoms with Gasteiger partial charge in [-0.3, -0.25) is 0 Å². The van der Waals surface area contributed by atoms with E-state index in [1.807, 2.05) is 0 Å². The minimum absolute atomic E-state index is 0.0537. The van der Waals surface area contributed by atoms with Gasteiger partial charge >= 0.3 is 0 Å². The third-order valence-corrected chi connectivity index (χ3v) is 20.7. The molecule has 65 heavy (non-hydrogen) atoms. The number of fused-ring (bicyclic) bond motifs is 8. The van der Waals surface area contributed by atoms with Gasteiger partial charge < -0.3 is 4.90 Å². The molecule has 0 aromatic heterocycles. The van der Waals surface area contributed by atoms with E-state index in [1.54, 1.807) is 0 Å². The van der Waals surface area contributed by atoms with Gasteiger partial charge in [-0.1, -0.05) is 205 Å². The maximum absolute atomic E-state index is 2.74. The highest BCUT2D eigenvalue weighted by atomic mass is 28.3. The lowest BCUT2D eigenvalue weighted by Gasteiger charge is -2.42. The van der Waals surface area contributed by atoms with Gasteiger partial charge in [0.2, 0.25) is 0 Å². The van der Waals surface area contributed by atoms with Gasteiger partial charge in [0.15, 0.2) is 8.07 Å². The summed E-state index contributed by atoms with van der Waals surface area (Å²) >= 11 is 0. The van der Waals surface area contributed by atoms with Crippen molar-refractivity contribution in [2.24, 2.45) is 0 Å². The summed E-state index contributed by atoms with van der Waals surface area (Å²) in [6.45, 7) is 14.6.